The van der Waals surface area contributed by atoms with Crippen molar-refractivity contribution in [2.24, 2.45) is 7.05 Å². The van der Waals surface area contributed by atoms with Crippen LogP contribution in [-0.4, -0.2) is 71.0 Å². The van der Waals surface area contributed by atoms with E-state index in [1.54, 1.807) is 27.8 Å². The number of amides is 3. The van der Waals surface area contributed by atoms with E-state index in [0.717, 1.165) is 101 Å². The fourth-order valence-electron chi connectivity index (χ4n) is 11.1. The van der Waals surface area contributed by atoms with E-state index in [1.807, 2.05) is 61.2 Å². The van der Waals surface area contributed by atoms with Crippen LogP contribution in [0.2, 0.25) is 0 Å². The van der Waals surface area contributed by atoms with Crippen LogP contribution in [0, 0.1) is 6.92 Å². The molecule has 3 fully saturated rings. The van der Waals surface area contributed by atoms with E-state index in [2.05, 4.69) is 27.2 Å². The number of halogens is 2. The van der Waals surface area contributed by atoms with Crippen LogP contribution >= 0.6 is 0 Å². The lowest BCUT2D eigenvalue weighted by atomic mass is 9.89. The molecule has 5 aliphatic rings. The second-order valence-corrected chi connectivity index (χ2v) is 18.1. The standard InChI is InChI=1S/C50H49F2N7O5/c1-28-21-38-43(55(2)49(28)62)23-31(29-14-19-64-20-15-29)24-44(38)57-16-4-5-30-22-36(37(47(51)52)25-42(30)57)32-26-53-58(27-32)33-12-17-56(18-13-33)39-8-9-40-46-34(39)6-3-7-35(46)50(63)59(40)41-10-11-45(60)54-48(41)61/h3,6-9,21-27,29,33,41,47H,4-5,10-20H2,1-2H3,(H,54,60,61). The van der Waals surface area contributed by atoms with Crippen molar-refractivity contribution in [2.45, 2.75) is 82.7 Å². The Labute approximate surface area is 368 Å². The lowest BCUT2D eigenvalue weighted by Crippen LogP contribution is -2.53. The van der Waals surface area contributed by atoms with Crippen LogP contribution in [0.15, 0.2) is 77.9 Å². The van der Waals surface area contributed by atoms with Gasteiger partial charge in [-0.3, -0.25) is 34.1 Å². The number of benzene rings is 4. The Morgan fingerprint density at radius 3 is 2.39 bits per heavy atom. The maximum absolute atomic E-state index is 15.3. The molecular formula is C50H49F2N7O5. The molecule has 1 atom stereocenters. The number of fused-ring (bicyclic) bond motifs is 2. The summed E-state index contributed by atoms with van der Waals surface area (Å²) in [4.78, 5) is 57.7. The van der Waals surface area contributed by atoms with Gasteiger partial charge in [-0.05, 0) is 123 Å². The van der Waals surface area contributed by atoms with E-state index in [-0.39, 0.29) is 47.7 Å². The second kappa shape index (κ2) is 15.7. The van der Waals surface area contributed by atoms with Crippen molar-refractivity contribution >= 4 is 62.1 Å². The molecule has 6 aromatic rings. The van der Waals surface area contributed by atoms with Crippen LogP contribution < -0.4 is 25.6 Å². The number of carbonyl (C=O) groups is 3. The highest BCUT2D eigenvalue weighted by Gasteiger charge is 2.41. The number of alkyl halides is 2. The third-order valence-corrected chi connectivity index (χ3v) is 14.4. The maximum atomic E-state index is 15.3. The summed E-state index contributed by atoms with van der Waals surface area (Å²) in [6.45, 7) is 5.30. The fraction of sp³-hybridized carbons (Fsp3) is 0.380. The highest BCUT2D eigenvalue weighted by molar-refractivity contribution is 6.28. The molecule has 14 heteroatoms. The Hall–Kier alpha value is -6.41. The molecule has 7 heterocycles. The van der Waals surface area contributed by atoms with Gasteiger partial charge in [0, 0.05) is 102 Å². The summed E-state index contributed by atoms with van der Waals surface area (Å²) in [6, 6.07) is 18.8. The Bertz CT molecular complexity index is 2980. The lowest BCUT2D eigenvalue weighted by Gasteiger charge is -2.35. The first kappa shape index (κ1) is 40.4. The molecule has 5 aliphatic heterocycles. The van der Waals surface area contributed by atoms with Crippen LogP contribution in [0.5, 0.6) is 0 Å². The summed E-state index contributed by atoms with van der Waals surface area (Å²) in [5.74, 6) is -0.736. The molecule has 0 spiro atoms. The predicted octanol–water partition coefficient (Wildman–Crippen LogP) is 8.39. The minimum absolute atomic E-state index is 0.0322. The number of hydrogen-bond donors (Lipinski definition) is 1. The molecule has 4 aromatic carbocycles. The number of piperidine rings is 2. The number of ether oxygens (including phenoxy) is 1. The first-order chi connectivity index (χ1) is 31.0. The van der Waals surface area contributed by atoms with Gasteiger partial charge in [-0.1, -0.05) is 12.1 Å². The molecule has 11 rings (SSSR count). The molecule has 328 valence electrons. The van der Waals surface area contributed by atoms with Crippen LogP contribution in [0.4, 0.5) is 31.5 Å². The number of hydrogen-bond acceptors (Lipinski definition) is 8. The SMILES string of the molecule is Cc1cc2c(N3CCCc4cc(-c5cnn(C6CCN(c7ccc8c9c(cccc79)C(=O)N8C7CCC(=O)NC7=O)CC6)c5)c(C(F)F)cc43)cc(C3CCOCC3)cc2n(C)c1=O. The minimum Gasteiger partial charge on any atom is -0.381 e. The molecule has 1 N–H and O–H groups in total. The monoisotopic (exact) mass is 865 g/mol. The summed E-state index contributed by atoms with van der Waals surface area (Å²) < 4.78 is 39.9. The summed E-state index contributed by atoms with van der Waals surface area (Å²) in [5.41, 5.74) is 8.64. The van der Waals surface area contributed by atoms with Crippen molar-refractivity contribution in [3.05, 3.63) is 111 Å². The quantitative estimate of drug-likeness (QED) is 0.159. The van der Waals surface area contributed by atoms with Crippen molar-refractivity contribution in [1.82, 2.24) is 19.7 Å². The molecule has 0 aliphatic carbocycles. The summed E-state index contributed by atoms with van der Waals surface area (Å²) in [7, 11) is 1.81. The zero-order valence-electron chi connectivity index (χ0n) is 35.9. The number of rotatable bonds is 7. The normalized spacial score (nSPS) is 19.7. The third kappa shape index (κ3) is 6.59. The summed E-state index contributed by atoms with van der Waals surface area (Å²) >= 11 is 0. The molecule has 12 nitrogen and oxygen atoms in total. The van der Waals surface area contributed by atoms with Gasteiger partial charge < -0.3 is 19.1 Å². The van der Waals surface area contributed by atoms with Gasteiger partial charge in [-0.2, -0.15) is 5.10 Å². The van der Waals surface area contributed by atoms with Gasteiger partial charge in [0.15, 0.2) is 0 Å². The van der Waals surface area contributed by atoms with E-state index >= 15 is 8.78 Å². The van der Waals surface area contributed by atoms with E-state index in [0.29, 0.717) is 47.7 Å². The second-order valence-electron chi connectivity index (χ2n) is 18.1. The van der Waals surface area contributed by atoms with Crippen LogP contribution in [-0.2, 0) is 27.8 Å². The van der Waals surface area contributed by atoms with Gasteiger partial charge in [0.1, 0.15) is 6.04 Å². The van der Waals surface area contributed by atoms with Gasteiger partial charge in [0.25, 0.3) is 17.9 Å². The van der Waals surface area contributed by atoms with Crippen molar-refractivity contribution < 1.29 is 27.9 Å². The number of aryl methyl sites for hydroxylation is 3. The van der Waals surface area contributed by atoms with E-state index in [4.69, 9.17) is 9.84 Å². The summed E-state index contributed by atoms with van der Waals surface area (Å²) in [6.07, 6.45) is 6.29. The first-order valence-electron chi connectivity index (χ1n) is 22.5. The Kier molecular flexibility index (Phi) is 9.89. The van der Waals surface area contributed by atoms with Crippen molar-refractivity contribution in [2.75, 3.05) is 47.5 Å². The molecule has 3 saturated heterocycles. The predicted molar refractivity (Wildman–Crippen MR) is 242 cm³/mol. The number of anilines is 4. The molecule has 3 amide bonds. The summed E-state index contributed by atoms with van der Waals surface area (Å²) in [5, 5.41) is 9.83. The average Bonchev–Trinajstić information content (AvgIpc) is 3.92. The largest absolute Gasteiger partial charge is 0.381 e. The van der Waals surface area contributed by atoms with Crippen LogP contribution in [0.1, 0.15) is 95.9 Å². The van der Waals surface area contributed by atoms with Crippen molar-refractivity contribution in [3.8, 4) is 11.1 Å². The lowest BCUT2D eigenvalue weighted by molar-refractivity contribution is -0.134. The van der Waals surface area contributed by atoms with E-state index in [9.17, 15) is 19.2 Å². The molecule has 64 heavy (non-hydrogen) atoms. The van der Waals surface area contributed by atoms with E-state index in [1.165, 1.54) is 0 Å². The third-order valence-electron chi connectivity index (χ3n) is 14.4. The number of pyridine rings is 1. The smallest absolute Gasteiger partial charge is 0.264 e. The number of nitrogens with one attached hydrogen (secondary N) is 1. The zero-order chi connectivity index (χ0) is 44.0. The Morgan fingerprint density at radius 2 is 1.61 bits per heavy atom. The number of imide groups is 1. The van der Waals surface area contributed by atoms with Gasteiger partial charge in [0.2, 0.25) is 11.8 Å². The molecule has 2 aromatic heterocycles. The number of carbonyl (C=O) groups excluding carboxylic acids is 3. The molecular weight excluding hydrogens is 817 g/mol. The average molecular weight is 866 g/mol. The van der Waals surface area contributed by atoms with Crippen molar-refractivity contribution in [1.29, 1.82) is 0 Å². The number of nitrogens with zero attached hydrogens (tertiary/aromatic N) is 6. The molecule has 1 unspecified atom stereocenters. The highest BCUT2D eigenvalue weighted by atomic mass is 19.3. The van der Waals surface area contributed by atoms with Crippen LogP contribution in [0.25, 0.3) is 32.8 Å². The van der Waals surface area contributed by atoms with Gasteiger partial charge in [0.05, 0.1) is 29.1 Å². The minimum atomic E-state index is -2.71. The topological polar surface area (TPSA) is 122 Å². The van der Waals surface area contributed by atoms with E-state index < -0.39 is 18.4 Å². The first-order valence-corrected chi connectivity index (χ1v) is 22.5. The fourth-order valence-corrected chi connectivity index (χ4v) is 11.1. The van der Waals surface area contributed by atoms with Crippen molar-refractivity contribution in [3.63, 3.8) is 0 Å². The highest BCUT2D eigenvalue weighted by Crippen LogP contribution is 2.46. The Morgan fingerprint density at radius 1 is 0.812 bits per heavy atom. The maximum Gasteiger partial charge on any atom is 0.264 e. The number of aromatic nitrogens is 3. The van der Waals surface area contributed by atoms with Gasteiger partial charge in [-0.25, -0.2) is 8.78 Å². The van der Waals surface area contributed by atoms with Crippen LogP contribution in [0.3, 0.4) is 0 Å². The Balaban J connectivity index is 0.867. The molecule has 0 saturated carbocycles. The van der Waals surface area contributed by atoms with Gasteiger partial charge >= 0.3 is 0 Å². The molecule has 0 radical (unpaired) electrons. The zero-order valence-corrected chi connectivity index (χ0v) is 35.9. The molecule has 0 bridgehead atoms. The van der Waals surface area contributed by atoms with Gasteiger partial charge in [-0.15, -0.1) is 0 Å².